The standard InChI is InChI=1S/C26H27F9N2O2/c1-5-36(14(2)3)12-16-6-7-19(24(27,28)29)10-18(16)13-37-15(4)22(39-23(37)38)17-8-20(25(30,31)32)11-21(9-17)26(33,34)35/h6-11,14-15,22H,5,12-13H2,1-4H3/t15-,22-/m0/s1. The molecule has 0 spiro atoms. The lowest BCUT2D eigenvalue weighted by Crippen LogP contribution is -2.33. The van der Waals surface area contributed by atoms with Gasteiger partial charge in [-0.1, -0.05) is 13.0 Å². The third-order valence-electron chi connectivity index (χ3n) is 6.71. The van der Waals surface area contributed by atoms with Gasteiger partial charge in [0.1, 0.15) is 6.10 Å². The first-order valence-corrected chi connectivity index (χ1v) is 12.0. The quantitative estimate of drug-likeness (QED) is 0.316. The second kappa shape index (κ2) is 10.9. The van der Waals surface area contributed by atoms with Gasteiger partial charge in [0.2, 0.25) is 0 Å². The molecular weight excluding hydrogens is 543 g/mol. The maximum absolute atomic E-state index is 13.5. The molecule has 1 fully saturated rings. The zero-order chi connectivity index (χ0) is 29.5. The molecule has 0 unspecified atom stereocenters. The summed E-state index contributed by atoms with van der Waals surface area (Å²) in [4.78, 5) is 15.7. The molecule has 0 N–H and O–H groups in total. The van der Waals surface area contributed by atoms with Crippen LogP contribution in [0.25, 0.3) is 0 Å². The molecule has 216 valence electrons. The van der Waals surface area contributed by atoms with Crippen molar-refractivity contribution in [1.29, 1.82) is 0 Å². The van der Waals surface area contributed by atoms with Crippen LogP contribution in [0.1, 0.15) is 67.2 Å². The smallest absolute Gasteiger partial charge is 0.416 e. The van der Waals surface area contributed by atoms with Crippen LogP contribution in [0.3, 0.4) is 0 Å². The van der Waals surface area contributed by atoms with Crippen molar-refractivity contribution in [1.82, 2.24) is 9.80 Å². The minimum atomic E-state index is -5.10. The maximum Gasteiger partial charge on any atom is 0.416 e. The van der Waals surface area contributed by atoms with E-state index >= 15 is 0 Å². The minimum Gasteiger partial charge on any atom is -0.439 e. The number of hydrogen-bond acceptors (Lipinski definition) is 3. The highest BCUT2D eigenvalue weighted by Gasteiger charge is 2.43. The van der Waals surface area contributed by atoms with Crippen molar-refractivity contribution in [3.05, 3.63) is 69.8 Å². The number of benzene rings is 2. The Morgan fingerprint density at radius 2 is 1.38 bits per heavy atom. The zero-order valence-electron chi connectivity index (χ0n) is 21.4. The van der Waals surface area contributed by atoms with Gasteiger partial charge in [-0.3, -0.25) is 9.80 Å². The molecule has 2 aromatic carbocycles. The predicted molar refractivity (Wildman–Crippen MR) is 123 cm³/mol. The Morgan fingerprint density at radius 1 is 0.846 bits per heavy atom. The van der Waals surface area contributed by atoms with Gasteiger partial charge in [0, 0.05) is 19.1 Å². The number of ether oxygens (including phenoxy) is 1. The summed E-state index contributed by atoms with van der Waals surface area (Å²) in [6.07, 6.45) is -17.5. The second-order valence-corrected chi connectivity index (χ2v) is 9.65. The molecule has 0 saturated carbocycles. The first kappa shape index (κ1) is 30.6. The molecule has 1 amide bonds. The fraction of sp³-hybridized carbons (Fsp3) is 0.500. The first-order valence-electron chi connectivity index (χ1n) is 12.0. The summed E-state index contributed by atoms with van der Waals surface area (Å²) in [6.45, 7) is 7.48. The summed E-state index contributed by atoms with van der Waals surface area (Å²) in [6, 6.07) is 2.99. The van der Waals surface area contributed by atoms with Crippen molar-refractivity contribution < 1.29 is 49.0 Å². The van der Waals surface area contributed by atoms with Crippen LogP contribution < -0.4 is 0 Å². The molecule has 39 heavy (non-hydrogen) atoms. The third kappa shape index (κ3) is 6.98. The largest absolute Gasteiger partial charge is 0.439 e. The third-order valence-corrected chi connectivity index (χ3v) is 6.71. The first-order chi connectivity index (χ1) is 17.8. The van der Waals surface area contributed by atoms with Crippen molar-refractivity contribution in [2.45, 2.75) is 77.5 Å². The SMILES string of the molecule is CCN(Cc1ccc(C(F)(F)F)cc1CN1C(=O)O[C@H](c2cc(C(F)(F)F)cc(C(F)(F)F)c2)[C@@H]1C)C(C)C. The van der Waals surface area contributed by atoms with E-state index in [1.807, 2.05) is 25.7 Å². The van der Waals surface area contributed by atoms with E-state index in [2.05, 4.69) is 0 Å². The molecule has 0 aliphatic carbocycles. The van der Waals surface area contributed by atoms with Gasteiger partial charge in [-0.25, -0.2) is 4.79 Å². The van der Waals surface area contributed by atoms with Crippen LogP contribution in [0.15, 0.2) is 36.4 Å². The van der Waals surface area contributed by atoms with E-state index in [1.54, 1.807) is 0 Å². The summed E-state index contributed by atoms with van der Waals surface area (Å²) in [7, 11) is 0. The van der Waals surface area contributed by atoms with Gasteiger partial charge in [-0.05, 0) is 74.3 Å². The second-order valence-electron chi connectivity index (χ2n) is 9.65. The topological polar surface area (TPSA) is 32.8 Å². The van der Waals surface area contributed by atoms with Gasteiger partial charge in [-0.2, -0.15) is 39.5 Å². The molecule has 4 nitrogen and oxygen atoms in total. The van der Waals surface area contributed by atoms with Crippen LogP contribution in [0.4, 0.5) is 44.3 Å². The van der Waals surface area contributed by atoms with Gasteiger partial charge in [0.25, 0.3) is 0 Å². The number of amides is 1. The Bertz CT molecular complexity index is 1160. The van der Waals surface area contributed by atoms with Gasteiger partial charge in [0.15, 0.2) is 0 Å². The molecule has 0 aromatic heterocycles. The molecule has 2 aromatic rings. The van der Waals surface area contributed by atoms with Crippen molar-refractivity contribution in [3.8, 4) is 0 Å². The van der Waals surface area contributed by atoms with Crippen LogP contribution in [0, 0.1) is 0 Å². The van der Waals surface area contributed by atoms with Crippen molar-refractivity contribution >= 4 is 6.09 Å². The molecule has 1 saturated heterocycles. The number of rotatable bonds is 7. The highest BCUT2D eigenvalue weighted by molar-refractivity contribution is 5.71. The predicted octanol–water partition coefficient (Wildman–Crippen LogP) is 8.06. The zero-order valence-corrected chi connectivity index (χ0v) is 21.4. The Hall–Kier alpha value is -2.96. The molecule has 0 radical (unpaired) electrons. The van der Waals surface area contributed by atoms with Crippen LogP contribution >= 0.6 is 0 Å². The summed E-state index contributed by atoms with van der Waals surface area (Å²) in [5, 5.41) is 0. The van der Waals surface area contributed by atoms with Crippen LogP contribution in [0.2, 0.25) is 0 Å². The van der Waals surface area contributed by atoms with E-state index in [0.29, 0.717) is 24.2 Å². The number of nitrogens with zero attached hydrogens (tertiary/aromatic N) is 2. The Kier molecular flexibility index (Phi) is 8.54. The lowest BCUT2D eigenvalue weighted by Gasteiger charge is -2.28. The fourth-order valence-electron chi connectivity index (χ4n) is 4.47. The number of carbonyl (C=O) groups excluding carboxylic acids is 1. The highest BCUT2D eigenvalue weighted by Crippen LogP contribution is 2.41. The monoisotopic (exact) mass is 570 g/mol. The fourth-order valence-corrected chi connectivity index (χ4v) is 4.47. The highest BCUT2D eigenvalue weighted by atomic mass is 19.4. The van der Waals surface area contributed by atoms with Crippen LogP contribution in [0.5, 0.6) is 0 Å². The summed E-state index contributed by atoms with van der Waals surface area (Å²) < 4.78 is 126. The minimum absolute atomic E-state index is 0.0359. The Morgan fingerprint density at radius 3 is 1.85 bits per heavy atom. The van der Waals surface area contributed by atoms with E-state index in [-0.39, 0.29) is 24.2 Å². The molecule has 1 heterocycles. The van der Waals surface area contributed by atoms with Gasteiger partial charge < -0.3 is 4.74 Å². The van der Waals surface area contributed by atoms with Crippen LogP contribution in [-0.2, 0) is 36.4 Å². The van der Waals surface area contributed by atoms with Crippen molar-refractivity contribution in [2.24, 2.45) is 0 Å². The van der Waals surface area contributed by atoms with Gasteiger partial charge in [0.05, 0.1) is 22.7 Å². The molecule has 3 rings (SSSR count). The maximum atomic E-state index is 13.5. The summed E-state index contributed by atoms with van der Waals surface area (Å²) in [5.41, 5.74) is -4.00. The van der Waals surface area contributed by atoms with E-state index in [4.69, 9.17) is 4.74 Å². The molecule has 1 aliphatic heterocycles. The lowest BCUT2D eigenvalue weighted by atomic mass is 9.96. The number of cyclic esters (lactones) is 1. The van der Waals surface area contributed by atoms with E-state index in [1.165, 1.54) is 13.0 Å². The van der Waals surface area contributed by atoms with Crippen molar-refractivity contribution in [2.75, 3.05) is 6.54 Å². The average molecular weight is 570 g/mol. The van der Waals surface area contributed by atoms with E-state index in [0.717, 1.165) is 17.0 Å². The van der Waals surface area contributed by atoms with Gasteiger partial charge in [-0.15, -0.1) is 0 Å². The van der Waals surface area contributed by atoms with Crippen LogP contribution in [-0.4, -0.2) is 34.5 Å². The molecule has 13 heteroatoms. The number of hydrogen-bond donors (Lipinski definition) is 0. The number of alkyl halides is 9. The normalized spacial score (nSPS) is 18.8. The Balaban J connectivity index is 2.01. The van der Waals surface area contributed by atoms with E-state index in [9.17, 15) is 44.3 Å². The molecule has 0 bridgehead atoms. The molecule has 1 aliphatic rings. The molecular formula is C26H27F9N2O2. The average Bonchev–Trinajstić information content (AvgIpc) is 3.09. The Labute approximate surface area is 219 Å². The van der Waals surface area contributed by atoms with Crippen molar-refractivity contribution in [3.63, 3.8) is 0 Å². The van der Waals surface area contributed by atoms with E-state index < -0.39 is 65.6 Å². The summed E-state index contributed by atoms with van der Waals surface area (Å²) >= 11 is 0. The number of halogens is 9. The molecule has 2 atom stereocenters. The lowest BCUT2D eigenvalue weighted by molar-refractivity contribution is -0.143. The summed E-state index contributed by atoms with van der Waals surface area (Å²) in [5.74, 6) is 0. The number of carbonyl (C=O) groups is 1. The van der Waals surface area contributed by atoms with Gasteiger partial charge >= 0.3 is 24.6 Å².